The number of carbonyl (C=O) groups excluding carboxylic acids is 3. The van der Waals surface area contributed by atoms with Crippen LogP contribution in [0.4, 0.5) is 5.69 Å². The number of esters is 1. The quantitative estimate of drug-likeness (QED) is 0.380. The lowest BCUT2D eigenvalue weighted by atomic mass is 9.83. The van der Waals surface area contributed by atoms with Gasteiger partial charge in [0.05, 0.1) is 12.8 Å². The molecule has 0 bridgehead atoms. The first-order valence-electron chi connectivity index (χ1n) is 10.5. The third-order valence-electron chi connectivity index (χ3n) is 5.85. The van der Waals surface area contributed by atoms with Gasteiger partial charge in [-0.15, -0.1) is 0 Å². The monoisotopic (exact) mass is 431 g/mol. The Balaban J connectivity index is 2.07. The molecule has 1 aliphatic rings. The molecule has 2 aromatic carbocycles. The number of carbonyl (C=O) groups is 3. The van der Waals surface area contributed by atoms with Crippen molar-refractivity contribution in [3.8, 4) is 0 Å². The zero-order valence-corrected chi connectivity index (χ0v) is 19.5. The standard InChI is InChI=1S/C27H29NO4/c1-16-8-10-19(11-9-16)22(18(3)26(31)32-7)23-17(2)24(29)28(25(23)30)21-14-12-20(13-15-21)27(4,5)6/h8-15,22H,3H2,1-2,4-7H3/t22-/m0/s1. The summed E-state index contributed by atoms with van der Waals surface area (Å²) in [4.78, 5) is 40.3. The highest BCUT2D eigenvalue weighted by Crippen LogP contribution is 2.40. The van der Waals surface area contributed by atoms with Gasteiger partial charge >= 0.3 is 5.97 Å². The van der Waals surface area contributed by atoms with Gasteiger partial charge in [0.1, 0.15) is 0 Å². The van der Waals surface area contributed by atoms with Crippen LogP contribution in [-0.2, 0) is 24.5 Å². The van der Waals surface area contributed by atoms with Crippen LogP contribution >= 0.6 is 0 Å². The molecular weight excluding hydrogens is 402 g/mol. The topological polar surface area (TPSA) is 63.7 Å². The van der Waals surface area contributed by atoms with E-state index in [0.717, 1.165) is 11.1 Å². The highest BCUT2D eigenvalue weighted by Gasteiger charge is 2.43. The minimum absolute atomic E-state index is 0.0499. The van der Waals surface area contributed by atoms with E-state index in [1.807, 2.05) is 43.3 Å². The van der Waals surface area contributed by atoms with Crippen molar-refractivity contribution >= 4 is 23.5 Å². The van der Waals surface area contributed by atoms with Crippen LogP contribution in [0, 0.1) is 6.92 Å². The molecule has 1 heterocycles. The highest BCUT2D eigenvalue weighted by atomic mass is 16.5. The lowest BCUT2D eigenvalue weighted by Crippen LogP contribution is -2.32. The van der Waals surface area contributed by atoms with E-state index >= 15 is 0 Å². The Morgan fingerprint density at radius 1 is 0.938 bits per heavy atom. The van der Waals surface area contributed by atoms with E-state index in [2.05, 4.69) is 27.4 Å². The summed E-state index contributed by atoms with van der Waals surface area (Å²) < 4.78 is 4.88. The van der Waals surface area contributed by atoms with Gasteiger partial charge in [0, 0.05) is 22.6 Å². The number of anilines is 1. The molecule has 2 aromatic rings. The van der Waals surface area contributed by atoms with Crippen molar-refractivity contribution in [2.24, 2.45) is 0 Å². The van der Waals surface area contributed by atoms with Gasteiger partial charge in [0.2, 0.25) is 0 Å². The van der Waals surface area contributed by atoms with Crippen molar-refractivity contribution in [1.82, 2.24) is 0 Å². The van der Waals surface area contributed by atoms with Gasteiger partial charge in [-0.05, 0) is 42.5 Å². The number of imide groups is 1. The average molecular weight is 432 g/mol. The summed E-state index contributed by atoms with van der Waals surface area (Å²) >= 11 is 0. The predicted molar refractivity (Wildman–Crippen MR) is 125 cm³/mol. The smallest absolute Gasteiger partial charge is 0.334 e. The van der Waals surface area contributed by atoms with Gasteiger partial charge in [-0.3, -0.25) is 9.59 Å². The lowest BCUT2D eigenvalue weighted by molar-refractivity contribution is -0.136. The summed E-state index contributed by atoms with van der Waals surface area (Å²) in [5.74, 6) is -2.25. The third-order valence-corrected chi connectivity index (χ3v) is 5.85. The first kappa shape index (κ1) is 23.2. The molecule has 0 unspecified atom stereocenters. The fraction of sp³-hybridized carbons (Fsp3) is 0.296. The zero-order valence-electron chi connectivity index (χ0n) is 19.5. The first-order valence-corrected chi connectivity index (χ1v) is 10.5. The van der Waals surface area contributed by atoms with Crippen molar-refractivity contribution in [3.63, 3.8) is 0 Å². The molecular formula is C27H29NO4. The van der Waals surface area contributed by atoms with E-state index in [9.17, 15) is 14.4 Å². The molecule has 5 nitrogen and oxygen atoms in total. The Kier molecular flexibility index (Phi) is 6.22. The number of ether oxygens (including phenoxy) is 1. The summed E-state index contributed by atoms with van der Waals surface area (Å²) in [5.41, 5.74) is 3.93. The fourth-order valence-corrected chi connectivity index (χ4v) is 3.89. The molecule has 0 saturated heterocycles. The number of aryl methyl sites for hydroxylation is 1. The van der Waals surface area contributed by atoms with E-state index in [4.69, 9.17) is 4.74 Å². The third kappa shape index (κ3) is 4.15. The van der Waals surface area contributed by atoms with E-state index < -0.39 is 23.7 Å². The maximum atomic E-state index is 13.6. The average Bonchev–Trinajstić information content (AvgIpc) is 2.97. The van der Waals surface area contributed by atoms with Gasteiger partial charge < -0.3 is 4.74 Å². The van der Waals surface area contributed by atoms with Crippen LogP contribution in [0.2, 0.25) is 0 Å². The second kappa shape index (κ2) is 8.58. The van der Waals surface area contributed by atoms with Crippen LogP contribution < -0.4 is 4.90 Å². The largest absolute Gasteiger partial charge is 0.466 e. The van der Waals surface area contributed by atoms with E-state index in [-0.39, 0.29) is 16.6 Å². The van der Waals surface area contributed by atoms with Crippen LogP contribution in [0.1, 0.15) is 50.3 Å². The van der Waals surface area contributed by atoms with Crippen molar-refractivity contribution in [1.29, 1.82) is 0 Å². The molecule has 0 aliphatic carbocycles. The molecule has 3 rings (SSSR count). The van der Waals surface area contributed by atoms with Crippen LogP contribution in [0.15, 0.2) is 71.8 Å². The first-order chi connectivity index (χ1) is 15.0. The van der Waals surface area contributed by atoms with Crippen molar-refractivity contribution < 1.29 is 19.1 Å². The van der Waals surface area contributed by atoms with Crippen molar-refractivity contribution in [2.75, 3.05) is 12.0 Å². The van der Waals surface area contributed by atoms with Gasteiger partial charge in [0.25, 0.3) is 11.8 Å². The van der Waals surface area contributed by atoms with Gasteiger partial charge in [0.15, 0.2) is 0 Å². The zero-order chi connectivity index (χ0) is 23.8. The molecule has 0 spiro atoms. The molecule has 1 aliphatic heterocycles. The molecule has 166 valence electrons. The lowest BCUT2D eigenvalue weighted by Gasteiger charge is -2.23. The molecule has 0 saturated carbocycles. The van der Waals surface area contributed by atoms with Gasteiger partial charge in [-0.2, -0.15) is 0 Å². The number of amides is 2. The number of hydrogen-bond acceptors (Lipinski definition) is 4. The minimum atomic E-state index is -0.779. The maximum absolute atomic E-state index is 13.6. The Bertz CT molecular complexity index is 1120. The normalized spacial score (nSPS) is 15.2. The predicted octanol–water partition coefficient (Wildman–Crippen LogP) is 5.00. The number of rotatable bonds is 5. The molecule has 0 N–H and O–H groups in total. The summed E-state index contributed by atoms with van der Waals surface area (Å²) in [5, 5.41) is 0. The fourth-order valence-electron chi connectivity index (χ4n) is 3.89. The summed E-state index contributed by atoms with van der Waals surface area (Å²) in [6, 6.07) is 14.9. The Labute approximate surface area is 189 Å². The molecule has 0 aromatic heterocycles. The SMILES string of the molecule is C=C(C(=O)OC)[C@H](C1=C(C)C(=O)N(c2ccc(C(C)(C)C)cc2)C1=O)c1ccc(C)cc1. The summed E-state index contributed by atoms with van der Waals surface area (Å²) in [7, 11) is 1.27. The van der Waals surface area contributed by atoms with Gasteiger partial charge in [-0.25, -0.2) is 9.69 Å². The van der Waals surface area contributed by atoms with Crippen molar-refractivity contribution in [2.45, 2.75) is 46.0 Å². The Morgan fingerprint density at radius 3 is 2.00 bits per heavy atom. The van der Waals surface area contributed by atoms with Crippen LogP contribution in [-0.4, -0.2) is 24.9 Å². The molecule has 1 atom stereocenters. The molecule has 32 heavy (non-hydrogen) atoms. The minimum Gasteiger partial charge on any atom is -0.466 e. The Morgan fingerprint density at radius 2 is 1.50 bits per heavy atom. The maximum Gasteiger partial charge on any atom is 0.334 e. The Hall–Kier alpha value is -3.47. The van der Waals surface area contributed by atoms with Gasteiger partial charge in [-0.1, -0.05) is 69.3 Å². The van der Waals surface area contributed by atoms with Crippen molar-refractivity contribution in [3.05, 3.63) is 88.5 Å². The summed E-state index contributed by atoms with van der Waals surface area (Å²) in [6.07, 6.45) is 0. The second-order valence-electron chi connectivity index (χ2n) is 9.14. The van der Waals surface area contributed by atoms with E-state index in [1.165, 1.54) is 12.0 Å². The van der Waals surface area contributed by atoms with E-state index in [1.54, 1.807) is 19.1 Å². The number of hydrogen-bond donors (Lipinski definition) is 0. The molecule has 0 radical (unpaired) electrons. The number of benzene rings is 2. The molecule has 5 heteroatoms. The molecule has 0 fully saturated rings. The van der Waals surface area contributed by atoms with Crippen LogP contribution in [0.25, 0.3) is 0 Å². The number of methoxy groups -OCH3 is 1. The van der Waals surface area contributed by atoms with Crippen LogP contribution in [0.3, 0.4) is 0 Å². The van der Waals surface area contributed by atoms with Crippen LogP contribution in [0.5, 0.6) is 0 Å². The number of nitrogens with zero attached hydrogens (tertiary/aromatic N) is 1. The molecule has 2 amide bonds. The second-order valence-corrected chi connectivity index (χ2v) is 9.14. The van der Waals surface area contributed by atoms with E-state index in [0.29, 0.717) is 16.8 Å². The summed E-state index contributed by atoms with van der Waals surface area (Å²) in [6.45, 7) is 13.8. The highest BCUT2D eigenvalue weighted by molar-refractivity contribution is 6.33.